The Bertz CT molecular complexity index is 746. The highest BCUT2D eigenvalue weighted by Gasteiger charge is 2.36. The van der Waals surface area contributed by atoms with Gasteiger partial charge in [-0.1, -0.05) is 13.8 Å². The van der Waals surface area contributed by atoms with Gasteiger partial charge in [-0.15, -0.1) is 0 Å². The predicted octanol–water partition coefficient (Wildman–Crippen LogP) is 3.32. The summed E-state index contributed by atoms with van der Waals surface area (Å²) in [5, 5.41) is 4.27. The molecule has 134 valence electrons. The second-order valence-electron chi connectivity index (χ2n) is 7.96. The lowest BCUT2D eigenvalue weighted by atomic mass is 9.95. The van der Waals surface area contributed by atoms with Gasteiger partial charge in [0, 0.05) is 23.9 Å². The Morgan fingerprint density at radius 2 is 2.00 bits per heavy atom. The van der Waals surface area contributed by atoms with Crippen LogP contribution in [0.2, 0.25) is 0 Å². The lowest BCUT2D eigenvalue weighted by Crippen LogP contribution is -2.19. The zero-order valence-corrected chi connectivity index (χ0v) is 15.5. The fraction of sp³-hybridized carbons (Fsp3) is 0.600. The van der Waals surface area contributed by atoms with Crippen molar-refractivity contribution in [3.8, 4) is 0 Å². The standard InChI is InChI=1S/C20H28N4O/c1-12(2)18-16(11-24-8-4-5-9-24)13(3)21-17(18)10-15-19(14-6-7-14)22-23-20(15)25/h10,12,14,21H,4-9,11H2,1-3H3,(H,23,25)/b15-10+. The molecule has 1 amide bonds. The van der Waals surface area contributed by atoms with Crippen molar-refractivity contribution in [1.29, 1.82) is 0 Å². The first-order valence-electron chi connectivity index (χ1n) is 9.58. The Morgan fingerprint density at radius 3 is 2.64 bits per heavy atom. The van der Waals surface area contributed by atoms with Crippen molar-refractivity contribution in [3.63, 3.8) is 0 Å². The highest BCUT2D eigenvalue weighted by Crippen LogP contribution is 2.36. The van der Waals surface area contributed by atoms with Crippen LogP contribution in [-0.2, 0) is 11.3 Å². The van der Waals surface area contributed by atoms with Gasteiger partial charge in [-0.05, 0) is 68.8 Å². The molecule has 2 N–H and O–H groups in total. The second-order valence-corrected chi connectivity index (χ2v) is 7.96. The number of aromatic amines is 1. The Labute approximate surface area is 149 Å². The first-order valence-corrected chi connectivity index (χ1v) is 9.58. The Kier molecular flexibility index (Phi) is 4.28. The van der Waals surface area contributed by atoms with Gasteiger partial charge in [-0.2, -0.15) is 5.10 Å². The molecule has 2 fully saturated rings. The molecular formula is C20H28N4O. The zero-order chi connectivity index (χ0) is 17.6. The number of amides is 1. The molecule has 0 bridgehead atoms. The monoisotopic (exact) mass is 340 g/mol. The minimum absolute atomic E-state index is 0.0649. The molecule has 4 rings (SSSR count). The summed E-state index contributed by atoms with van der Waals surface area (Å²) in [5.74, 6) is 0.818. The number of H-pyrrole nitrogens is 1. The molecule has 5 nitrogen and oxygen atoms in total. The molecule has 3 heterocycles. The van der Waals surface area contributed by atoms with E-state index in [1.54, 1.807) is 0 Å². The van der Waals surface area contributed by atoms with Gasteiger partial charge in [0.15, 0.2) is 0 Å². The smallest absolute Gasteiger partial charge is 0.273 e. The van der Waals surface area contributed by atoms with Crippen LogP contribution in [0.4, 0.5) is 0 Å². The highest BCUT2D eigenvalue weighted by atomic mass is 16.2. The molecule has 1 aromatic heterocycles. The van der Waals surface area contributed by atoms with Crippen molar-refractivity contribution in [2.45, 2.75) is 58.9 Å². The number of aromatic nitrogens is 1. The van der Waals surface area contributed by atoms with Gasteiger partial charge in [-0.3, -0.25) is 9.69 Å². The SMILES string of the molecule is Cc1[nH]c(/C=C2/C(=O)NN=C2C2CC2)c(C(C)C)c1CN1CCCC1. The molecule has 5 heteroatoms. The highest BCUT2D eigenvalue weighted by molar-refractivity contribution is 6.28. The summed E-state index contributed by atoms with van der Waals surface area (Å²) in [4.78, 5) is 18.4. The zero-order valence-electron chi connectivity index (χ0n) is 15.5. The van der Waals surface area contributed by atoms with Crippen LogP contribution < -0.4 is 5.43 Å². The number of nitrogens with zero attached hydrogens (tertiary/aromatic N) is 2. The molecular weight excluding hydrogens is 312 g/mol. The van der Waals surface area contributed by atoms with E-state index < -0.39 is 0 Å². The van der Waals surface area contributed by atoms with E-state index in [1.165, 1.54) is 42.8 Å². The molecule has 25 heavy (non-hydrogen) atoms. The third-order valence-electron chi connectivity index (χ3n) is 5.60. The average Bonchev–Trinajstić information content (AvgIpc) is 3.01. The van der Waals surface area contributed by atoms with Gasteiger partial charge in [-0.25, -0.2) is 5.43 Å². The van der Waals surface area contributed by atoms with Gasteiger partial charge in [0.05, 0.1) is 11.3 Å². The molecule has 1 aliphatic carbocycles. The normalized spacial score (nSPS) is 23.0. The number of nitrogens with one attached hydrogen (secondary N) is 2. The first-order chi connectivity index (χ1) is 12.0. The van der Waals surface area contributed by atoms with E-state index in [2.05, 4.69) is 41.2 Å². The van der Waals surface area contributed by atoms with Gasteiger partial charge in [0.1, 0.15) is 0 Å². The minimum Gasteiger partial charge on any atom is -0.359 e. The number of hydrogen-bond donors (Lipinski definition) is 2. The quantitative estimate of drug-likeness (QED) is 0.808. The summed E-state index contributed by atoms with van der Waals surface area (Å²) in [6.07, 6.45) is 6.94. The first kappa shape index (κ1) is 16.6. The number of likely N-dealkylation sites (tertiary alicyclic amines) is 1. The molecule has 1 aromatic rings. The van der Waals surface area contributed by atoms with Gasteiger partial charge in [0.25, 0.3) is 5.91 Å². The molecule has 0 aromatic carbocycles. The van der Waals surface area contributed by atoms with Crippen LogP contribution in [0.25, 0.3) is 6.08 Å². The maximum atomic E-state index is 12.3. The molecule has 0 spiro atoms. The summed E-state index contributed by atoms with van der Waals surface area (Å²) in [7, 11) is 0. The Hall–Kier alpha value is -1.88. The van der Waals surface area contributed by atoms with Crippen LogP contribution in [0.15, 0.2) is 10.7 Å². The van der Waals surface area contributed by atoms with Crippen LogP contribution in [0.5, 0.6) is 0 Å². The van der Waals surface area contributed by atoms with Gasteiger partial charge in [0.2, 0.25) is 0 Å². The molecule has 1 saturated carbocycles. The molecule has 0 radical (unpaired) electrons. The molecule has 1 saturated heterocycles. The summed E-state index contributed by atoms with van der Waals surface area (Å²) in [5.41, 5.74) is 9.42. The van der Waals surface area contributed by atoms with E-state index in [1.807, 2.05) is 6.08 Å². The van der Waals surface area contributed by atoms with E-state index in [0.29, 0.717) is 11.8 Å². The number of hydrazone groups is 1. The van der Waals surface area contributed by atoms with E-state index >= 15 is 0 Å². The van der Waals surface area contributed by atoms with Gasteiger partial charge < -0.3 is 4.98 Å². The number of rotatable bonds is 5. The van der Waals surface area contributed by atoms with E-state index in [4.69, 9.17) is 0 Å². The van der Waals surface area contributed by atoms with Crippen LogP contribution in [0, 0.1) is 12.8 Å². The molecule has 0 atom stereocenters. The van der Waals surface area contributed by atoms with Crippen LogP contribution in [0.1, 0.15) is 68.0 Å². The maximum absolute atomic E-state index is 12.3. The van der Waals surface area contributed by atoms with Crippen molar-refractivity contribution in [1.82, 2.24) is 15.3 Å². The number of hydrogen-bond acceptors (Lipinski definition) is 3. The van der Waals surface area contributed by atoms with Crippen molar-refractivity contribution >= 4 is 17.7 Å². The number of carbonyl (C=O) groups excluding carboxylic acids is 1. The lowest BCUT2D eigenvalue weighted by molar-refractivity contribution is -0.116. The molecule has 2 aliphatic heterocycles. The van der Waals surface area contributed by atoms with Crippen LogP contribution >= 0.6 is 0 Å². The van der Waals surface area contributed by atoms with Crippen LogP contribution in [-0.4, -0.2) is 34.6 Å². The van der Waals surface area contributed by atoms with Crippen LogP contribution in [0.3, 0.4) is 0 Å². The summed E-state index contributed by atoms with van der Waals surface area (Å²) >= 11 is 0. The average molecular weight is 340 g/mol. The van der Waals surface area contributed by atoms with E-state index in [-0.39, 0.29) is 5.91 Å². The topological polar surface area (TPSA) is 60.5 Å². The fourth-order valence-corrected chi connectivity index (χ4v) is 4.15. The Morgan fingerprint density at radius 1 is 1.28 bits per heavy atom. The van der Waals surface area contributed by atoms with Crippen molar-refractivity contribution < 1.29 is 4.79 Å². The summed E-state index contributed by atoms with van der Waals surface area (Å²) in [6.45, 7) is 10.0. The summed E-state index contributed by atoms with van der Waals surface area (Å²) in [6, 6.07) is 0. The third kappa shape index (κ3) is 3.17. The largest absolute Gasteiger partial charge is 0.359 e. The minimum atomic E-state index is -0.0649. The Balaban J connectivity index is 1.70. The van der Waals surface area contributed by atoms with Crippen molar-refractivity contribution in [3.05, 3.63) is 28.1 Å². The maximum Gasteiger partial charge on any atom is 0.273 e. The number of carbonyl (C=O) groups is 1. The van der Waals surface area contributed by atoms with Crippen molar-refractivity contribution in [2.24, 2.45) is 11.0 Å². The molecule has 0 unspecified atom stereocenters. The molecule has 3 aliphatic rings. The number of aryl methyl sites for hydroxylation is 1. The third-order valence-corrected chi connectivity index (χ3v) is 5.60. The summed E-state index contributed by atoms with van der Waals surface area (Å²) < 4.78 is 0. The van der Waals surface area contributed by atoms with E-state index in [0.717, 1.165) is 36.4 Å². The van der Waals surface area contributed by atoms with Crippen molar-refractivity contribution in [2.75, 3.05) is 13.1 Å². The second kappa shape index (κ2) is 6.45. The van der Waals surface area contributed by atoms with E-state index in [9.17, 15) is 4.79 Å². The fourth-order valence-electron chi connectivity index (χ4n) is 4.15. The predicted molar refractivity (Wildman–Crippen MR) is 100 cm³/mol. The van der Waals surface area contributed by atoms with Gasteiger partial charge >= 0.3 is 0 Å². The lowest BCUT2D eigenvalue weighted by Gasteiger charge is -2.17.